The Morgan fingerprint density at radius 3 is 2.61 bits per heavy atom. The van der Waals surface area contributed by atoms with Crippen LogP contribution in [-0.2, 0) is 17.8 Å². The standard InChI is InChI=1S/C12H19NO3S2/c1-2-3-4-5-6-7-9-11(16)13(8-10(14)15)12(17)18-9/h16H,2-8H2,1H3,(H,14,15). The Labute approximate surface area is 116 Å². The summed E-state index contributed by atoms with van der Waals surface area (Å²) < 4.78 is 1.71. The molecule has 1 heterocycles. The first-order chi connectivity index (χ1) is 8.56. The Morgan fingerprint density at radius 1 is 1.33 bits per heavy atom. The number of aromatic hydroxyl groups is 1. The van der Waals surface area contributed by atoms with Crippen LogP contribution in [0.1, 0.15) is 43.9 Å². The topological polar surface area (TPSA) is 62.5 Å². The molecule has 0 radical (unpaired) electrons. The smallest absolute Gasteiger partial charge is 0.323 e. The molecule has 0 bridgehead atoms. The van der Waals surface area contributed by atoms with Gasteiger partial charge >= 0.3 is 5.97 Å². The molecule has 0 aliphatic rings. The quantitative estimate of drug-likeness (QED) is 0.567. The van der Waals surface area contributed by atoms with Crippen molar-refractivity contribution in [2.45, 2.75) is 52.0 Å². The number of carboxylic acid groups (broad SMARTS) is 1. The van der Waals surface area contributed by atoms with Gasteiger partial charge in [-0.25, -0.2) is 0 Å². The molecule has 0 amide bonds. The van der Waals surface area contributed by atoms with E-state index in [4.69, 9.17) is 17.3 Å². The molecule has 0 saturated carbocycles. The van der Waals surface area contributed by atoms with Gasteiger partial charge in [0.05, 0.1) is 4.88 Å². The number of aryl methyl sites for hydroxylation is 1. The molecule has 0 saturated heterocycles. The van der Waals surface area contributed by atoms with Gasteiger partial charge in [0.1, 0.15) is 6.54 Å². The maximum Gasteiger partial charge on any atom is 0.323 e. The summed E-state index contributed by atoms with van der Waals surface area (Å²) in [6, 6.07) is 0. The van der Waals surface area contributed by atoms with Crippen LogP contribution in [0.2, 0.25) is 0 Å². The number of hydrogen-bond acceptors (Lipinski definition) is 4. The normalized spacial score (nSPS) is 10.7. The number of aliphatic carboxylic acids is 1. The number of unbranched alkanes of at least 4 members (excludes halogenated alkanes) is 4. The SMILES string of the molecule is CCCCCCCc1sc(=S)n(CC(=O)O)c1O. The van der Waals surface area contributed by atoms with Crippen LogP contribution in [0.3, 0.4) is 0 Å². The van der Waals surface area contributed by atoms with E-state index < -0.39 is 5.97 Å². The molecule has 102 valence electrons. The van der Waals surface area contributed by atoms with Crippen LogP contribution in [0.25, 0.3) is 0 Å². The minimum absolute atomic E-state index is 0.0305. The van der Waals surface area contributed by atoms with Crippen molar-refractivity contribution in [3.63, 3.8) is 0 Å². The van der Waals surface area contributed by atoms with Gasteiger partial charge in [-0.1, -0.05) is 32.6 Å². The summed E-state index contributed by atoms with van der Waals surface area (Å²) in [4.78, 5) is 11.4. The predicted molar refractivity (Wildman–Crippen MR) is 74.9 cm³/mol. The van der Waals surface area contributed by atoms with Gasteiger partial charge in [0.15, 0.2) is 3.95 Å². The summed E-state index contributed by atoms with van der Waals surface area (Å²) in [6.45, 7) is 1.90. The Kier molecular flexibility index (Phi) is 6.35. The second kappa shape index (κ2) is 7.53. The predicted octanol–water partition coefficient (Wildman–Crippen LogP) is 3.58. The van der Waals surface area contributed by atoms with E-state index in [9.17, 15) is 9.90 Å². The average molecular weight is 289 g/mol. The van der Waals surface area contributed by atoms with E-state index in [1.54, 1.807) is 0 Å². The van der Waals surface area contributed by atoms with Crippen LogP contribution in [0.15, 0.2) is 0 Å². The van der Waals surface area contributed by atoms with Gasteiger partial charge in [-0.2, -0.15) is 0 Å². The van der Waals surface area contributed by atoms with Crippen molar-refractivity contribution in [1.29, 1.82) is 0 Å². The van der Waals surface area contributed by atoms with E-state index in [2.05, 4.69) is 6.92 Å². The first kappa shape index (κ1) is 15.2. The molecular weight excluding hydrogens is 270 g/mol. The van der Waals surface area contributed by atoms with E-state index in [-0.39, 0.29) is 12.4 Å². The highest BCUT2D eigenvalue weighted by molar-refractivity contribution is 7.73. The minimum atomic E-state index is -0.992. The molecular formula is C12H19NO3S2. The molecule has 1 aromatic heterocycles. The van der Waals surface area contributed by atoms with Crippen LogP contribution in [0, 0.1) is 3.95 Å². The largest absolute Gasteiger partial charge is 0.494 e. The molecule has 1 rings (SSSR count). The maximum absolute atomic E-state index is 10.6. The first-order valence-corrected chi connectivity index (χ1v) is 7.42. The van der Waals surface area contributed by atoms with Crippen molar-refractivity contribution < 1.29 is 15.0 Å². The molecule has 0 aliphatic heterocycles. The molecule has 18 heavy (non-hydrogen) atoms. The van der Waals surface area contributed by atoms with Crippen LogP contribution in [0.4, 0.5) is 0 Å². The van der Waals surface area contributed by atoms with E-state index in [1.165, 1.54) is 35.2 Å². The fourth-order valence-corrected chi connectivity index (χ4v) is 3.14. The third-order valence-corrected chi connectivity index (χ3v) is 4.24. The molecule has 4 nitrogen and oxygen atoms in total. The second-order valence-corrected chi connectivity index (χ2v) is 5.99. The molecule has 0 aromatic carbocycles. The highest BCUT2D eigenvalue weighted by Crippen LogP contribution is 2.27. The molecule has 0 atom stereocenters. The lowest BCUT2D eigenvalue weighted by Gasteiger charge is -2.02. The zero-order valence-electron chi connectivity index (χ0n) is 10.5. The van der Waals surface area contributed by atoms with Gasteiger partial charge in [0.25, 0.3) is 0 Å². The molecule has 2 N–H and O–H groups in total. The highest BCUT2D eigenvalue weighted by atomic mass is 32.1. The summed E-state index contributed by atoms with van der Waals surface area (Å²) in [6.07, 6.45) is 6.57. The second-order valence-electron chi connectivity index (χ2n) is 4.26. The number of hydrogen-bond donors (Lipinski definition) is 2. The molecule has 0 spiro atoms. The van der Waals surface area contributed by atoms with E-state index >= 15 is 0 Å². The highest BCUT2D eigenvalue weighted by Gasteiger charge is 2.13. The summed E-state index contributed by atoms with van der Waals surface area (Å²) >= 11 is 6.37. The first-order valence-electron chi connectivity index (χ1n) is 6.19. The van der Waals surface area contributed by atoms with Gasteiger partial charge in [-0.3, -0.25) is 9.36 Å². The fourth-order valence-electron chi connectivity index (χ4n) is 1.77. The minimum Gasteiger partial charge on any atom is -0.494 e. The van der Waals surface area contributed by atoms with Gasteiger partial charge in [0.2, 0.25) is 5.88 Å². The van der Waals surface area contributed by atoms with Crippen molar-refractivity contribution in [3.05, 3.63) is 8.83 Å². The van der Waals surface area contributed by atoms with E-state index in [0.717, 1.165) is 24.1 Å². The van der Waals surface area contributed by atoms with E-state index in [1.807, 2.05) is 0 Å². The average Bonchev–Trinajstić information content (AvgIpc) is 2.56. The Balaban J connectivity index is 2.56. The Morgan fingerprint density at radius 2 is 2.00 bits per heavy atom. The third kappa shape index (κ3) is 4.42. The number of nitrogens with zero attached hydrogens (tertiary/aromatic N) is 1. The number of carbonyl (C=O) groups is 1. The van der Waals surface area contributed by atoms with Gasteiger partial charge < -0.3 is 10.2 Å². The Hall–Kier alpha value is -0.880. The van der Waals surface area contributed by atoms with Gasteiger partial charge in [0, 0.05) is 0 Å². The molecule has 6 heteroatoms. The van der Waals surface area contributed by atoms with Crippen LogP contribution in [-0.4, -0.2) is 20.7 Å². The number of aromatic nitrogens is 1. The summed E-state index contributed by atoms with van der Waals surface area (Å²) in [5.74, 6) is -0.961. The zero-order chi connectivity index (χ0) is 13.5. The van der Waals surface area contributed by atoms with Crippen molar-refractivity contribution in [1.82, 2.24) is 4.57 Å². The zero-order valence-corrected chi connectivity index (χ0v) is 12.1. The molecule has 0 aliphatic carbocycles. The number of rotatable bonds is 8. The van der Waals surface area contributed by atoms with Gasteiger partial charge in [-0.15, -0.1) is 11.3 Å². The summed E-state index contributed by atoms with van der Waals surface area (Å²) in [5, 5.41) is 18.6. The lowest BCUT2D eigenvalue weighted by Crippen LogP contribution is -2.08. The van der Waals surface area contributed by atoms with Gasteiger partial charge in [-0.05, 0) is 25.1 Å². The number of thiazole rings is 1. The number of carboxylic acids is 1. The van der Waals surface area contributed by atoms with Crippen LogP contribution < -0.4 is 0 Å². The summed E-state index contributed by atoms with van der Waals surface area (Å²) in [7, 11) is 0. The molecule has 0 fully saturated rings. The monoisotopic (exact) mass is 289 g/mol. The summed E-state index contributed by atoms with van der Waals surface area (Å²) in [5.41, 5.74) is 0. The lowest BCUT2D eigenvalue weighted by atomic mass is 10.1. The van der Waals surface area contributed by atoms with Crippen LogP contribution >= 0.6 is 23.6 Å². The third-order valence-electron chi connectivity index (χ3n) is 2.74. The lowest BCUT2D eigenvalue weighted by molar-refractivity contribution is -0.137. The van der Waals surface area contributed by atoms with Crippen molar-refractivity contribution in [3.8, 4) is 5.88 Å². The maximum atomic E-state index is 10.6. The molecule has 1 aromatic rings. The van der Waals surface area contributed by atoms with E-state index in [0.29, 0.717) is 3.95 Å². The van der Waals surface area contributed by atoms with Crippen LogP contribution in [0.5, 0.6) is 5.88 Å². The van der Waals surface area contributed by atoms with Crippen molar-refractivity contribution in [2.24, 2.45) is 0 Å². The molecule has 0 unspecified atom stereocenters. The van der Waals surface area contributed by atoms with Crippen molar-refractivity contribution in [2.75, 3.05) is 0 Å². The fraction of sp³-hybridized carbons (Fsp3) is 0.667. The van der Waals surface area contributed by atoms with Crippen molar-refractivity contribution >= 4 is 29.5 Å². The Bertz CT molecular complexity index is 451.